The highest BCUT2D eigenvalue weighted by molar-refractivity contribution is 5.69. The van der Waals surface area contributed by atoms with Gasteiger partial charge < -0.3 is 15.0 Å². The lowest BCUT2D eigenvalue weighted by Gasteiger charge is -2.33. The number of nitrogens with zero attached hydrogens (tertiary/aromatic N) is 5. The van der Waals surface area contributed by atoms with Gasteiger partial charge in [-0.05, 0) is 49.9 Å². The first-order valence-corrected chi connectivity index (χ1v) is 10.5. The molecule has 0 radical (unpaired) electrons. The Labute approximate surface area is 169 Å². The van der Waals surface area contributed by atoms with Crippen LogP contribution in [0.25, 0.3) is 16.9 Å². The molecule has 1 N–H and O–H groups in total. The fraction of sp³-hybridized carbons (Fsp3) is 0.409. The number of ether oxygens (including phenoxy) is 1. The van der Waals surface area contributed by atoms with Crippen LogP contribution in [0.3, 0.4) is 0 Å². The molecule has 6 rings (SSSR count). The molecule has 2 aliphatic heterocycles. The van der Waals surface area contributed by atoms with Crippen molar-refractivity contribution in [1.29, 1.82) is 0 Å². The summed E-state index contributed by atoms with van der Waals surface area (Å²) in [6.07, 6.45) is 10.8. The number of anilines is 1. The SMILES string of the molecule is c1cnc2c(c1)-c1nn(-c3ccc(N4CCC(NC5CC5)CC4)nc3)cc1CO2. The number of rotatable bonds is 4. The number of hydrogen-bond donors (Lipinski definition) is 1. The summed E-state index contributed by atoms with van der Waals surface area (Å²) < 4.78 is 7.63. The lowest BCUT2D eigenvalue weighted by Crippen LogP contribution is -2.43. The van der Waals surface area contributed by atoms with Crippen molar-refractivity contribution in [3.8, 4) is 22.8 Å². The number of piperidine rings is 1. The quantitative estimate of drug-likeness (QED) is 0.741. The molecule has 0 unspecified atom stereocenters. The van der Waals surface area contributed by atoms with E-state index in [2.05, 4.69) is 27.3 Å². The molecule has 5 heterocycles. The third-order valence-corrected chi connectivity index (χ3v) is 6.05. The van der Waals surface area contributed by atoms with Crippen LogP contribution in [0.1, 0.15) is 31.2 Å². The van der Waals surface area contributed by atoms with Crippen LogP contribution in [0.2, 0.25) is 0 Å². The van der Waals surface area contributed by atoms with Gasteiger partial charge in [0.05, 0.1) is 17.4 Å². The Balaban J connectivity index is 1.18. The van der Waals surface area contributed by atoms with Crippen LogP contribution in [-0.2, 0) is 6.61 Å². The molecule has 0 amide bonds. The smallest absolute Gasteiger partial charge is 0.223 e. The summed E-state index contributed by atoms with van der Waals surface area (Å²) in [5, 5.41) is 8.54. The molecule has 1 saturated carbocycles. The van der Waals surface area contributed by atoms with Crippen molar-refractivity contribution in [2.45, 2.75) is 44.4 Å². The lowest BCUT2D eigenvalue weighted by molar-refractivity contribution is 0.290. The molecule has 0 spiro atoms. The predicted octanol–water partition coefficient (Wildman–Crippen LogP) is 2.94. The molecule has 0 atom stereocenters. The van der Waals surface area contributed by atoms with Crippen molar-refractivity contribution >= 4 is 5.82 Å². The molecule has 0 bridgehead atoms. The van der Waals surface area contributed by atoms with E-state index in [9.17, 15) is 0 Å². The monoisotopic (exact) mass is 388 g/mol. The Bertz CT molecular complexity index is 1020. The van der Waals surface area contributed by atoms with E-state index < -0.39 is 0 Å². The maximum absolute atomic E-state index is 5.74. The van der Waals surface area contributed by atoms with Crippen LogP contribution in [0.4, 0.5) is 5.82 Å². The van der Waals surface area contributed by atoms with Crippen LogP contribution in [0.5, 0.6) is 5.88 Å². The summed E-state index contributed by atoms with van der Waals surface area (Å²) in [7, 11) is 0. The van der Waals surface area contributed by atoms with E-state index in [1.165, 1.54) is 25.7 Å². The van der Waals surface area contributed by atoms with Gasteiger partial charge in [0.2, 0.25) is 5.88 Å². The summed E-state index contributed by atoms with van der Waals surface area (Å²) >= 11 is 0. The van der Waals surface area contributed by atoms with Gasteiger partial charge in [-0.2, -0.15) is 5.10 Å². The molecule has 148 valence electrons. The summed E-state index contributed by atoms with van der Waals surface area (Å²) in [4.78, 5) is 11.4. The lowest BCUT2D eigenvalue weighted by atomic mass is 10.0. The van der Waals surface area contributed by atoms with Crippen molar-refractivity contribution < 1.29 is 4.74 Å². The van der Waals surface area contributed by atoms with Gasteiger partial charge in [0.15, 0.2) is 0 Å². The Morgan fingerprint density at radius 1 is 1.00 bits per heavy atom. The van der Waals surface area contributed by atoms with Gasteiger partial charge in [0, 0.05) is 43.1 Å². The third-order valence-electron chi connectivity index (χ3n) is 6.05. The number of pyridine rings is 2. The van der Waals surface area contributed by atoms with Crippen LogP contribution >= 0.6 is 0 Å². The molecular formula is C22H24N6O. The maximum atomic E-state index is 5.74. The van der Waals surface area contributed by atoms with Crippen molar-refractivity contribution in [1.82, 2.24) is 25.1 Å². The predicted molar refractivity (Wildman–Crippen MR) is 110 cm³/mol. The highest BCUT2D eigenvalue weighted by Gasteiger charge is 2.27. The van der Waals surface area contributed by atoms with Gasteiger partial charge in [-0.3, -0.25) is 0 Å². The molecular weight excluding hydrogens is 364 g/mol. The van der Waals surface area contributed by atoms with E-state index >= 15 is 0 Å². The number of hydrogen-bond acceptors (Lipinski definition) is 6. The minimum atomic E-state index is 0.495. The molecule has 3 aromatic heterocycles. The van der Waals surface area contributed by atoms with Crippen molar-refractivity contribution in [2.24, 2.45) is 0 Å². The second-order valence-corrected chi connectivity index (χ2v) is 8.17. The fourth-order valence-corrected chi connectivity index (χ4v) is 4.27. The second kappa shape index (κ2) is 6.84. The van der Waals surface area contributed by atoms with Crippen LogP contribution in [0, 0.1) is 0 Å². The Morgan fingerprint density at radius 2 is 1.86 bits per heavy atom. The summed E-state index contributed by atoms with van der Waals surface area (Å²) in [5.74, 6) is 1.70. The van der Waals surface area contributed by atoms with Crippen LogP contribution < -0.4 is 15.0 Å². The first-order valence-electron chi connectivity index (χ1n) is 10.5. The van der Waals surface area contributed by atoms with E-state index in [1.807, 2.05) is 29.2 Å². The zero-order valence-electron chi connectivity index (χ0n) is 16.3. The van der Waals surface area contributed by atoms with E-state index in [-0.39, 0.29) is 0 Å². The molecule has 2 fully saturated rings. The van der Waals surface area contributed by atoms with Gasteiger partial charge in [-0.25, -0.2) is 14.6 Å². The maximum Gasteiger partial charge on any atom is 0.223 e. The number of aromatic nitrogens is 4. The molecule has 7 nitrogen and oxygen atoms in total. The van der Waals surface area contributed by atoms with Gasteiger partial charge in [-0.1, -0.05) is 0 Å². The van der Waals surface area contributed by atoms with Crippen LogP contribution in [0.15, 0.2) is 42.9 Å². The van der Waals surface area contributed by atoms with Gasteiger partial charge >= 0.3 is 0 Å². The molecule has 3 aromatic rings. The first-order chi connectivity index (χ1) is 14.3. The van der Waals surface area contributed by atoms with Crippen LogP contribution in [-0.4, -0.2) is 44.9 Å². The third kappa shape index (κ3) is 3.25. The molecule has 3 aliphatic rings. The Kier molecular flexibility index (Phi) is 4.01. The van der Waals surface area contributed by atoms with E-state index in [4.69, 9.17) is 14.8 Å². The topological polar surface area (TPSA) is 68.1 Å². The molecule has 7 heteroatoms. The van der Waals surface area contributed by atoms with E-state index in [1.54, 1.807) is 6.20 Å². The van der Waals surface area contributed by atoms with Gasteiger partial charge in [0.1, 0.15) is 18.1 Å². The number of nitrogens with one attached hydrogen (secondary N) is 1. The summed E-state index contributed by atoms with van der Waals surface area (Å²) in [6.45, 7) is 2.62. The minimum Gasteiger partial charge on any atom is -0.472 e. The molecule has 0 aromatic carbocycles. The second-order valence-electron chi connectivity index (χ2n) is 8.17. The van der Waals surface area contributed by atoms with Gasteiger partial charge in [0.25, 0.3) is 0 Å². The van der Waals surface area contributed by atoms with E-state index in [0.29, 0.717) is 18.5 Å². The minimum absolute atomic E-state index is 0.495. The van der Waals surface area contributed by atoms with Crippen molar-refractivity contribution in [2.75, 3.05) is 18.0 Å². The Hall–Kier alpha value is -2.93. The number of fused-ring (bicyclic) bond motifs is 3. The zero-order valence-corrected chi connectivity index (χ0v) is 16.3. The van der Waals surface area contributed by atoms with Crippen molar-refractivity contribution in [3.63, 3.8) is 0 Å². The first kappa shape index (κ1) is 17.0. The van der Waals surface area contributed by atoms with Gasteiger partial charge in [-0.15, -0.1) is 0 Å². The highest BCUT2D eigenvalue weighted by atomic mass is 16.5. The molecule has 29 heavy (non-hydrogen) atoms. The zero-order chi connectivity index (χ0) is 19.2. The normalized spacial score (nSPS) is 18.8. The average molecular weight is 388 g/mol. The average Bonchev–Trinajstić information content (AvgIpc) is 3.48. The standard InChI is InChI=1S/C22H24N6O/c1-2-19-21-15(14-29-22(19)23-9-1)13-28(26-21)18-5-6-20(24-12-18)27-10-7-17(8-11-27)25-16-3-4-16/h1-2,5-6,9,12-13,16-17,25H,3-4,7-8,10-11,14H2. The largest absolute Gasteiger partial charge is 0.472 e. The molecule has 1 aliphatic carbocycles. The van der Waals surface area contributed by atoms with Crippen molar-refractivity contribution in [3.05, 3.63) is 48.4 Å². The highest BCUT2D eigenvalue weighted by Crippen LogP contribution is 2.35. The summed E-state index contributed by atoms with van der Waals surface area (Å²) in [6, 6.07) is 9.58. The molecule has 1 saturated heterocycles. The van der Waals surface area contributed by atoms with E-state index in [0.717, 1.165) is 47.5 Å². The fourth-order valence-electron chi connectivity index (χ4n) is 4.27. The summed E-state index contributed by atoms with van der Waals surface area (Å²) in [5.41, 5.74) is 3.91. The Morgan fingerprint density at radius 3 is 2.66 bits per heavy atom.